The van der Waals surface area contributed by atoms with Crippen LogP contribution in [0.5, 0.6) is 0 Å². The Balaban J connectivity index is 1.61. The van der Waals surface area contributed by atoms with Crippen LogP contribution < -0.4 is 5.32 Å². The Kier molecular flexibility index (Phi) is 11.0. The van der Waals surface area contributed by atoms with Gasteiger partial charge in [-0.25, -0.2) is 14.8 Å². The van der Waals surface area contributed by atoms with E-state index >= 15 is 0 Å². The molecule has 1 fully saturated rings. The first kappa shape index (κ1) is 31.8. The van der Waals surface area contributed by atoms with E-state index < -0.39 is 37.8 Å². The number of nitrogens with zero attached hydrogens (tertiary/aromatic N) is 4. The van der Waals surface area contributed by atoms with Crippen LogP contribution in [0, 0.1) is 0 Å². The number of carbonyl (C=O) groups is 3. The molecule has 3 aromatic rings. The Morgan fingerprint density at radius 3 is 2.21 bits per heavy atom. The highest BCUT2D eigenvalue weighted by Gasteiger charge is 2.36. The summed E-state index contributed by atoms with van der Waals surface area (Å²) in [4.78, 5) is 63.8. The summed E-state index contributed by atoms with van der Waals surface area (Å²) in [7, 11) is -4.28. The zero-order valence-electron chi connectivity index (χ0n) is 23.7. The van der Waals surface area contributed by atoms with Gasteiger partial charge in [0.15, 0.2) is 5.82 Å². The molecule has 3 N–H and O–H groups in total. The third kappa shape index (κ3) is 9.16. The molecular weight excluding hydrogens is 577 g/mol. The van der Waals surface area contributed by atoms with Gasteiger partial charge in [0.2, 0.25) is 5.91 Å². The zero-order chi connectivity index (χ0) is 30.8. The number of amides is 2. The van der Waals surface area contributed by atoms with E-state index in [4.69, 9.17) is 9.63 Å². The first-order chi connectivity index (χ1) is 20.6. The maximum Gasteiger partial charge on any atom is 0.525 e. The average molecular weight is 612 g/mol. The molecule has 1 aliphatic heterocycles. The average Bonchev–Trinajstić information content (AvgIpc) is 3.01. The highest BCUT2D eigenvalue weighted by Crippen LogP contribution is 2.43. The molecule has 0 aliphatic carbocycles. The van der Waals surface area contributed by atoms with E-state index in [1.165, 1.54) is 16.0 Å². The van der Waals surface area contributed by atoms with Crippen LogP contribution in [0.2, 0.25) is 0 Å². The fraction of sp³-hybridized carbons (Fsp3) is 0.345. The number of hydroxylamine groups is 2. The Hall–Kier alpha value is -4.16. The molecule has 1 aromatic heterocycles. The van der Waals surface area contributed by atoms with Crippen LogP contribution in [0.3, 0.4) is 0 Å². The summed E-state index contributed by atoms with van der Waals surface area (Å²) in [5.74, 6) is -1.06. The third-order valence-corrected chi connectivity index (χ3v) is 8.04. The summed E-state index contributed by atoms with van der Waals surface area (Å²) in [5.41, 5.74) is 1.86. The number of rotatable bonds is 12. The van der Waals surface area contributed by atoms with Crippen LogP contribution in [-0.2, 0) is 18.7 Å². The summed E-state index contributed by atoms with van der Waals surface area (Å²) in [5, 5.41) is 12.7. The molecule has 0 spiro atoms. The van der Waals surface area contributed by atoms with Crippen LogP contribution >= 0.6 is 7.60 Å². The van der Waals surface area contributed by atoms with Crippen LogP contribution in [0.4, 0.5) is 4.79 Å². The summed E-state index contributed by atoms with van der Waals surface area (Å²) in [6.45, 7) is 2.27. The number of piperazine rings is 1. The standard InChI is InChI=1S/C29H34N5O8P/c1-2-3-18-41-43(39,40)20-25(28(36)33-14-16-34(17-15-33)42-29(37)38)32-27(35)24-19-23(21-10-6-4-7-11-21)30-26(31-24)22-12-8-5-9-13-22/h4-13,19,25H,2-3,14-18,20H2,1H3,(H,32,35)(H,37,38)(H,39,40)/t25-/m0/s1. The highest BCUT2D eigenvalue weighted by molar-refractivity contribution is 7.52. The van der Waals surface area contributed by atoms with Gasteiger partial charge in [0.1, 0.15) is 11.7 Å². The number of nitrogens with one attached hydrogen (secondary N) is 1. The summed E-state index contributed by atoms with van der Waals surface area (Å²) >= 11 is 0. The highest BCUT2D eigenvalue weighted by atomic mass is 31.2. The first-order valence-corrected chi connectivity index (χ1v) is 15.6. The van der Waals surface area contributed by atoms with E-state index in [1.807, 2.05) is 67.6 Å². The van der Waals surface area contributed by atoms with Gasteiger partial charge in [0.25, 0.3) is 5.91 Å². The Labute approximate surface area is 249 Å². The van der Waals surface area contributed by atoms with Crippen molar-refractivity contribution in [3.63, 3.8) is 0 Å². The van der Waals surface area contributed by atoms with Crippen LogP contribution in [0.1, 0.15) is 30.3 Å². The van der Waals surface area contributed by atoms with Crippen molar-refractivity contribution in [2.45, 2.75) is 25.8 Å². The molecule has 1 saturated heterocycles. The molecule has 1 unspecified atom stereocenters. The van der Waals surface area contributed by atoms with E-state index in [1.54, 1.807) is 0 Å². The van der Waals surface area contributed by atoms with Gasteiger partial charge < -0.3 is 29.6 Å². The second-order valence-corrected chi connectivity index (χ2v) is 11.7. The van der Waals surface area contributed by atoms with E-state index in [9.17, 15) is 23.8 Å². The lowest BCUT2D eigenvalue weighted by Crippen LogP contribution is -2.56. The lowest BCUT2D eigenvalue weighted by Gasteiger charge is -2.35. The molecule has 0 saturated carbocycles. The van der Waals surface area contributed by atoms with E-state index in [0.717, 1.165) is 12.0 Å². The van der Waals surface area contributed by atoms with Crippen LogP contribution in [0.15, 0.2) is 66.7 Å². The third-order valence-electron chi connectivity index (χ3n) is 6.63. The fourth-order valence-electron chi connectivity index (χ4n) is 4.42. The minimum atomic E-state index is -4.28. The van der Waals surface area contributed by atoms with E-state index in [0.29, 0.717) is 23.5 Å². The second kappa shape index (κ2) is 14.8. The molecule has 0 radical (unpaired) electrons. The molecular formula is C29H34N5O8P. The first-order valence-electron chi connectivity index (χ1n) is 13.9. The largest absolute Gasteiger partial charge is 0.525 e. The van der Waals surface area contributed by atoms with E-state index in [2.05, 4.69) is 20.1 Å². The van der Waals surface area contributed by atoms with Crippen molar-refractivity contribution in [1.29, 1.82) is 0 Å². The number of hydrogen-bond donors (Lipinski definition) is 3. The molecule has 0 bridgehead atoms. The number of carbonyl (C=O) groups excluding carboxylic acids is 2. The van der Waals surface area contributed by atoms with Gasteiger partial charge in [-0.3, -0.25) is 14.2 Å². The molecule has 228 valence electrons. The van der Waals surface area contributed by atoms with Crippen molar-refractivity contribution in [3.05, 3.63) is 72.4 Å². The fourth-order valence-corrected chi connectivity index (χ4v) is 5.65. The Morgan fingerprint density at radius 2 is 1.60 bits per heavy atom. The molecule has 2 atom stereocenters. The maximum atomic E-state index is 13.7. The normalized spacial score (nSPS) is 15.7. The smallest absolute Gasteiger partial charge is 0.448 e. The predicted octanol–water partition coefficient (Wildman–Crippen LogP) is 3.66. The molecule has 14 heteroatoms. The summed E-state index contributed by atoms with van der Waals surface area (Å²) in [6, 6.07) is 18.4. The van der Waals surface area contributed by atoms with Gasteiger partial charge in [-0.05, 0) is 12.5 Å². The summed E-state index contributed by atoms with van der Waals surface area (Å²) in [6.07, 6.45) is -0.838. The number of aromatic nitrogens is 2. The van der Waals surface area contributed by atoms with Crippen molar-refractivity contribution >= 4 is 25.6 Å². The molecule has 1 aliphatic rings. The minimum absolute atomic E-state index is 0.0249. The minimum Gasteiger partial charge on any atom is -0.448 e. The monoisotopic (exact) mass is 611 g/mol. The molecule has 2 aromatic carbocycles. The lowest BCUT2D eigenvalue weighted by molar-refractivity contribution is -0.154. The molecule has 13 nitrogen and oxygen atoms in total. The van der Waals surface area contributed by atoms with Gasteiger partial charge in [-0.1, -0.05) is 74.0 Å². The molecule has 2 amide bonds. The van der Waals surface area contributed by atoms with Gasteiger partial charge in [0.05, 0.1) is 31.6 Å². The van der Waals surface area contributed by atoms with Gasteiger partial charge in [0, 0.05) is 24.2 Å². The topological polar surface area (TPSA) is 171 Å². The van der Waals surface area contributed by atoms with Crippen molar-refractivity contribution in [2.75, 3.05) is 38.9 Å². The quantitative estimate of drug-likeness (QED) is 0.202. The molecule has 4 rings (SSSR count). The molecule has 2 heterocycles. The number of carboxylic acid groups (broad SMARTS) is 1. The number of unbranched alkanes of at least 4 members (excludes halogenated alkanes) is 1. The van der Waals surface area contributed by atoms with Gasteiger partial charge >= 0.3 is 13.8 Å². The van der Waals surface area contributed by atoms with Crippen LogP contribution in [-0.4, -0.2) is 92.9 Å². The van der Waals surface area contributed by atoms with Gasteiger partial charge in [-0.15, -0.1) is 5.06 Å². The number of benzene rings is 2. The zero-order valence-corrected chi connectivity index (χ0v) is 24.6. The lowest BCUT2D eigenvalue weighted by atomic mass is 10.1. The SMILES string of the molecule is CCCCOP(=O)(O)C[C@H](NC(=O)c1cc(-c2ccccc2)nc(-c2ccccc2)n1)C(=O)N1CCN(OC(=O)O)CC1. The number of hydrogen-bond acceptors (Lipinski definition) is 9. The second-order valence-electron chi connectivity index (χ2n) is 9.84. The summed E-state index contributed by atoms with van der Waals surface area (Å²) < 4.78 is 18.2. The maximum absolute atomic E-state index is 13.7. The van der Waals surface area contributed by atoms with Crippen LogP contribution in [0.25, 0.3) is 22.6 Å². The predicted molar refractivity (Wildman–Crippen MR) is 157 cm³/mol. The van der Waals surface area contributed by atoms with E-state index in [-0.39, 0.29) is 38.5 Å². The molecule has 43 heavy (non-hydrogen) atoms. The van der Waals surface area contributed by atoms with Crippen molar-refractivity contribution in [1.82, 2.24) is 25.2 Å². The van der Waals surface area contributed by atoms with Gasteiger partial charge in [-0.2, -0.15) is 0 Å². The van der Waals surface area contributed by atoms with Crippen molar-refractivity contribution < 1.29 is 38.3 Å². The van der Waals surface area contributed by atoms with Crippen molar-refractivity contribution in [3.8, 4) is 22.6 Å². The Bertz CT molecular complexity index is 1390. The van der Waals surface area contributed by atoms with Crippen molar-refractivity contribution in [2.24, 2.45) is 0 Å². The Morgan fingerprint density at radius 1 is 0.977 bits per heavy atom.